The highest BCUT2D eigenvalue weighted by Gasteiger charge is 2.37. The first kappa shape index (κ1) is 26.4. The molecule has 0 spiro atoms. The number of carbonyl (C=O) groups excluding carboxylic acids is 2. The van der Waals surface area contributed by atoms with Gasteiger partial charge in [-0.05, 0) is 49.6 Å². The second kappa shape index (κ2) is 10.7. The van der Waals surface area contributed by atoms with E-state index in [2.05, 4.69) is 0 Å². The zero-order valence-electron chi connectivity index (χ0n) is 21.3. The highest BCUT2D eigenvalue weighted by Crippen LogP contribution is 2.34. The number of fused-ring (bicyclic) bond motifs is 1. The van der Waals surface area contributed by atoms with Gasteiger partial charge in [-0.3, -0.25) is 4.79 Å². The number of aryl methyl sites for hydroxylation is 3. The van der Waals surface area contributed by atoms with E-state index in [0.717, 1.165) is 11.1 Å². The predicted molar refractivity (Wildman–Crippen MR) is 140 cm³/mol. The molecular formula is C28H30N2O6S. The van der Waals surface area contributed by atoms with Gasteiger partial charge in [0.05, 0.1) is 30.8 Å². The fourth-order valence-corrected chi connectivity index (χ4v) is 6.47. The number of sulfonamides is 1. The molecule has 9 heteroatoms. The van der Waals surface area contributed by atoms with Gasteiger partial charge >= 0.3 is 5.97 Å². The van der Waals surface area contributed by atoms with Gasteiger partial charge < -0.3 is 14.4 Å². The van der Waals surface area contributed by atoms with Crippen molar-refractivity contribution in [1.82, 2.24) is 4.31 Å². The van der Waals surface area contributed by atoms with Crippen LogP contribution < -0.4 is 9.64 Å². The Morgan fingerprint density at radius 2 is 1.62 bits per heavy atom. The number of anilines is 1. The summed E-state index contributed by atoms with van der Waals surface area (Å²) in [5.74, 6) is -0.751. The Morgan fingerprint density at radius 3 is 2.27 bits per heavy atom. The molecule has 1 aliphatic rings. The standard InChI is InChI=1S/C28H30N2O6S/c1-19-14-20(2)27(21(3)15-19)37(33,34)29(16-22-10-6-5-7-11-22)18-26(31)30-17-25(28(32)35-4)36-24-13-9-8-12-23(24)30/h5-15,25H,16-18H2,1-4H3/t25-/m0/s1. The van der Waals surface area contributed by atoms with Crippen LogP contribution in [0.25, 0.3) is 0 Å². The van der Waals surface area contributed by atoms with Gasteiger partial charge in [0.2, 0.25) is 22.0 Å². The monoisotopic (exact) mass is 522 g/mol. The first-order valence-corrected chi connectivity index (χ1v) is 13.3. The van der Waals surface area contributed by atoms with E-state index in [9.17, 15) is 18.0 Å². The number of carbonyl (C=O) groups is 2. The molecule has 0 saturated carbocycles. The van der Waals surface area contributed by atoms with E-state index in [4.69, 9.17) is 9.47 Å². The normalized spacial score (nSPS) is 15.2. The number of para-hydroxylation sites is 2. The van der Waals surface area contributed by atoms with Crippen molar-refractivity contribution in [1.29, 1.82) is 0 Å². The maximum absolute atomic E-state index is 14.0. The summed E-state index contributed by atoms with van der Waals surface area (Å²) in [4.78, 5) is 27.6. The van der Waals surface area contributed by atoms with E-state index < -0.39 is 34.5 Å². The zero-order chi connectivity index (χ0) is 26.7. The van der Waals surface area contributed by atoms with E-state index in [-0.39, 0.29) is 18.0 Å². The molecule has 194 valence electrons. The van der Waals surface area contributed by atoms with E-state index in [1.807, 2.05) is 49.4 Å². The first-order valence-electron chi connectivity index (χ1n) is 11.9. The number of hydrogen-bond acceptors (Lipinski definition) is 6. The second-order valence-corrected chi connectivity index (χ2v) is 11.0. The Kier molecular flexibility index (Phi) is 7.65. The highest BCUT2D eigenvalue weighted by molar-refractivity contribution is 7.89. The third-order valence-corrected chi connectivity index (χ3v) is 8.35. The Hall–Kier alpha value is -3.69. The van der Waals surface area contributed by atoms with Crippen molar-refractivity contribution in [2.24, 2.45) is 0 Å². The molecule has 3 aromatic carbocycles. The molecule has 0 fully saturated rings. The molecule has 1 atom stereocenters. The quantitative estimate of drug-likeness (QED) is 0.439. The third-order valence-electron chi connectivity index (χ3n) is 6.25. The van der Waals surface area contributed by atoms with Crippen molar-refractivity contribution in [3.63, 3.8) is 0 Å². The van der Waals surface area contributed by atoms with Crippen molar-refractivity contribution >= 4 is 27.6 Å². The molecule has 0 unspecified atom stereocenters. The fourth-order valence-electron chi connectivity index (χ4n) is 4.68. The van der Waals surface area contributed by atoms with Crippen molar-refractivity contribution in [2.45, 2.75) is 38.3 Å². The SMILES string of the molecule is COC(=O)[C@@H]1CN(C(=O)CN(Cc2ccccc2)S(=O)(=O)c2c(C)cc(C)cc2C)c2ccccc2O1. The zero-order valence-corrected chi connectivity index (χ0v) is 22.1. The van der Waals surface area contributed by atoms with Gasteiger partial charge in [0.1, 0.15) is 5.75 Å². The van der Waals surface area contributed by atoms with Crippen molar-refractivity contribution in [3.05, 3.63) is 89.0 Å². The molecule has 0 N–H and O–H groups in total. The number of amides is 1. The summed E-state index contributed by atoms with van der Waals surface area (Å²) in [6, 6.07) is 19.6. The Bertz CT molecular complexity index is 1400. The van der Waals surface area contributed by atoms with Crippen molar-refractivity contribution in [2.75, 3.05) is 25.1 Å². The molecule has 0 aliphatic carbocycles. The lowest BCUT2D eigenvalue weighted by atomic mass is 10.1. The number of rotatable bonds is 7. The number of esters is 1. The minimum Gasteiger partial charge on any atom is -0.475 e. The van der Waals surface area contributed by atoms with Gasteiger partial charge in [0.25, 0.3) is 0 Å². The fraction of sp³-hybridized carbons (Fsp3) is 0.286. The van der Waals surface area contributed by atoms with Gasteiger partial charge in [-0.1, -0.05) is 60.2 Å². The molecule has 37 heavy (non-hydrogen) atoms. The molecular weight excluding hydrogens is 492 g/mol. The van der Waals surface area contributed by atoms with Crippen LogP contribution in [0.3, 0.4) is 0 Å². The van der Waals surface area contributed by atoms with Gasteiger partial charge in [0, 0.05) is 6.54 Å². The summed E-state index contributed by atoms with van der Waals surface area (Å²) in [5.41, 5.74) is 3.40. The number of nitrogens with zero attached hydrogens (tertiary/aromatic N) is 2. The smallest absolute Gasteiger partial charge is 0.348 e. The predicted octanol–water partition coefficient (Wildman–Crippen LogP) is 3.77. The molecule has 3 aromatic rings. The number of ether oxygens (including phenoxy) is 2. The number of benzene rings is 3. The minimum absolute atomic E-state index is 0.00802. The second-order valence-electron chi connectivity index (χ2n) is 9.09. The van der Waals surface area contributed by atoms with Crippen LogP contribution in [0.1, 0.15) is 22.3 Å². The molecule has 4 rings (SSSR count). The maximum atomic E-state index is 14.0. The summed E-state index contributed by atoms with van der Waals surface area (Å²) >= 11 is 0. The van der Waals surface area contributed by atoms with Gasteiger partial charge in [-0.15, -0.1) is 0 Å². The van der Waals surface area contributed by atoms with Crippen LogP contribution in [-0.2, 0) is 30.9 Å². The maximum Gasteiger partial charge on any atom is 0.348 e. The van der Waals surface area contributed by atoms with Crippen LogP contribution in [0, 0.1) is 20.8 Å². The first-order chi connectivity index (χ1) is 17.6. The molecule has 1 amide bonds. The Balaban J connectivity index is 1.73. The molecule has 1 aliphatic heterocycles. The Morgan fingerprint density at radius 1 is 1.00 bits per heavy atom. The molecule has 1 heterocycles. The lowest BCUT2D eigenvalue weighted by Gasteiger charge is -2.35. The lowest BCUT2D eigenvalue weighted by Crippen LogP contribution is -2.50. The van der Waals surface area contributed by atoms with Gasteiger partial charge in [0.15, 0.2) is 0 Å². The van der Waals surface area contributed by atoms with Crippen LogP contribution in [0.4, 0.5) is 5.69 Å². The average Bonchev–Trinajstić information content (AvgIpc) is 2.86. The van der Waals surface area contributed by atoms with Crippen LogP contribution in [-0.4, -0.2) is 50.9 Å². The number of hydrogen-bond donors (Lipinski definition) is 0. The van der Waals surface area contributed by atoms with Crippen molar-refractivity contribution in [3.8, 4) is 5.75 Å². The van der Waals surface area contributed by atoms with E-state index >= 15 is 0 Å². The summed E-state index contributed by atoms with van der Waals surface area (Å²) in [6.07, 6.45) is -1.02. The van der Waals surface area contributed by atoms with Gasteiger partial charge in [-0.2, -0.15) is 4.31 Å². The Labute approximate surface area is 217 Å². The summed E-state index contributed by atoms with van der Waals surface area (Å²) in [5, 5.41) is 0. The van der Waals surface area contributed by atoms with Crippen LogP contribution in [0.5, 0.6) is 5.75 Å². The minimum atomic E-state index is -4.06. The molecule has 0 radical (unpaired) electrons. The summed E-state index contributed by atoms with van der Waals surface area (Å²) < 4.78 is 39.8. The third kappa shape index (κ3) is 5.52. The van der Waals surface area contributed by atoms with E-state index in [1.54, 1.807) is 38.1 Å². The van der Waals surface area contributed by atoms with Crippen LogP contribution in [0.15, 0.2) is 71.6 Å². The van der Waals surface area contributed by atoms with Crippen LogP contribution >= 0.6 is 0 Å². The van der Waals surface area contributed by atoms with Crippen molar-refractivity contribution < 1.29 is 27.5 Å². The van der Waals surface area contributed by atoms with Gasteiger partial charge in [-0.25, -0.2) is 13.2 Å². The highest BCUT2D eigenvalue weighted by atomic mass is 32.2. The largest absolute Gasteiger partial charge is 0.475 e. The molecule has 8 nitrogen and oxygen atoms in total. The topological polar surface area (TPSA) is 93.2 Å². The molecule has 0 bridgehead atoms. The van der Waals surface area contributed by atoms with Crippen LogP contribution in [0.2, 0.25) is 0 Å². The molecule has 0 aromatic heterocycles. The summed E-state index contributed by atoms with van der Waals surface area (Å²) in [7, 11) is -2.81. The lowest BCUT2D eigenvalue weighted by molar-refractivity contribution is -0.148. The average molecular weight is 523 g/mol. The van der Waals surface area contributed by atoms with E-state index in [0.29, 0.717) is 22.6 Å². The summed E-state index contributed by atoms with van der Waals surface area (Å²) in [6.45, 7) is 4.92. The van der Waals surface area contributed by atoms with E-state index in [1.165, 1.54) is 16.3 Å². The number of methoxy groups -OCH3 is 1. The molecule has 0 saturated heterocycles.